The van der Waals surface area contributed by atoms with Crippen LogP contribution in [0.2, 0.25) is 0 Å². The van der Waals surface area contributed by atoms with E-state index in [0.29, 0.717) is 5.69 Å². The summed E-state index contributed by atoms with van der Waals surface area (Å²) in [5, 5.41) is 13.7. The number of nitrogens with one attached hydrogen (secondary N) is 3. The first-order valence-corrected chi connectivity index (χ1v) is 7.62. The Hall–Kier alpha value is -2.07. The fraction of sp³-hybridized carbons (Fsp3) is 0.455. The number of aromatic nitrogens is 1. The van der Waals surface area contributed by atoms with Crippen molar-refractivity contribution in [2.45, 2.75) is 6.92 Å². The molecule has 1 heterocycles. The average molecular weight is 318 g/mol. The number of H-pyrrole nitrogens is 1. The number of hydrogen-bond donors (Lipinski definition) is 4. The number of hydrogen-bond acceptors (Lipinski definition) is 4. The first kappa shape index (κ1) is 17.0. The van der Waals surface area contributed by atoms with E-state index in [2.05, 4.69) is 15.6 Å². The van der Waals surface area contributed by atoms with Crippen LogP contribution in [0.5, 0.6) is 0 Å². The third-order valence-corrected chi connectivity index (χ3v) is 4.45. The van der Waals surface area contributed by atoms with E-state index in [0.717, 1.165) is 4.31 Å². The molecule has 0 bridgehead atoms. The molecule has 0 radical (unpaired) electrons. The van der Waals surface area contributed by atoms with E-state index in [1.54, 1.807) is 6.92 Å². The maximum absolute atomic E-state index is 11.6. The van der Waals surface area contributed by atoms with Crippen molar-refractivity contribution in [2.75, 3.05) is 31.7 Å². The number of carboxylic acid groups (broad SMARTS) is 1. The Balaban J connectivity index is 2.58. The molecule has 0 aromatic carbocycles. The standard InChI is InChI=1S/C11H18N4O5S/c1-7-6-8(9(13-7)10(16)17)14-11(18)12-4-5-21(19,20)15(2)3/h6,13H,4-5H2,1-3H3,(H,16,17)(H2,12,14,18). The number of carbonyl (C=O) groups excluding carboxylic acids is 1. The van der Waals surface area contributed by atoms with Gasteiger partial charge in [0.15, 0.2) is 0 Å². The molecule has 21 heavy (non-hydrogen) atoms. The van der Waals surface area contributed by atoms with Crippen molar-refractivity contribution >= 4 is 27.7 Å². The molecule has 0 spiro atoms. The van der Waals surface area contributed by atoms with Crippen LogP contribution in [0.3, 0.4) is 0 Å². The number of rotatable bonds is 6. The average Bonchev–Trinajstić information content (AvgIpc) is 2.69. The Kier molecular flexibility index (Phi) is 5.33. The van der Waals surface area contributed by atoms with Crippen LogP contribution in [0.1, 0.15) is 16.2 Å². The van der Waals surface area contributed by atoms with Gasteiger partial charge in [0.05, 0.1) is 11.4 Å². The number of urea groups is 1. The number of aromatic amines is 1. The summed E-state index contributed by atoms with van der Waals surface area (Å²) in [6.07, 6.45) is 0. The summed E-state index contributed by atoms with van der Waals surface area (Å²) in [5.41, 5.74) is 0.564. The number of carbonyl (C=O) groups is 2. The van der Waals surface area contributed by atoms with Gasteiger partial charge in [0, 0.05) is 26.3 Å². The van der Waals surface area contributed by atoms with Crippen molar-refractivity contribution in [3.05, 3.63) is 17.5 Å². The minimum atomic E-state index is -3.39. The number of amides is 2. The highest BCUT2D eigenvalue weighted by Gasteiger charge is 2.16. The molecule has 2 amide bonds. The van der Waals surface area contributed by atoms with E-state index in [4.69, 9.17) is 5.11 Å². The zero-order valence-electron chi connectivity index (χ0n) is 11.9. The fourth-order valence-corrected chi connectivity index (χ4v) is 2.22. The Morgan fingerprint density at radius 2 is 2.00 bits per heavy atom. The van der Waals surface area contributed by atoms with Gasteiger partial charge in [0.2, 0.25) is 10.0 Å². The normalized spacial score (nSPS) is 11.4. The van der Waals surface area contributed by atoms with Crippen molar-refractivity contribution in [1.82, 2.24) is 14.6 Å². The lowest BCUT2D eigenvalue weighted by atomic mass is 10.3. The molecule has 0 aliphatic rings. The maximum Gasteiger partial charge on any atom is 0.354 e. The summed E-state index contributed by atoms with van der Waals surface area (Å²) in [6, 6.07) is 0.796. The third-order valence-electron chi connectivity index (χ3n) is 2.62. The number of nitrogens with zero attached hydrogens (tertiary/aromatic N) is 1. The Morgan fingerprint density at radius 3 is 2.52 bits per heavy atom. The van der Waals surface area contributed by atoms with Crippen molar-refractivity contribution < 1.29 is 23.1 Å². The van der Waals surface area contributed by atoms with Crippen LogP contribution in [0.4, 0.5) is 10.5 Å². The lowest BCUT2D eigenvalue weighted by Crippen LogP contribution is -2.36. The first-order valence-electron chi connectivity index (χ1n) is 6.01. The van der Waals surface area contributed by atoms with E-state index in [1.807, 2.05) is 0 Å². The molecule has 0 unspecified atom stereocenters. The molecule has 0 fully saturated rings. The molecule has 1 aromatic rings. The van der Waals surface area contributed by atoms with Crippen LogP contribution >= 0.6 is 0 Å². The molecular formula is C11H18N4O5S. The number of anilines is 1. The molecule has 0 atom stereocenters. The van der Waals surface area contributed by atoms with Crippen LogP contribution < -0.4 is 10.6 Å². The maximum atomic E-state index is 11.6. The molecule has 0 saturated carbocycles. The van der Waals surface area contributed by atoms with Crippen LogP contribution in [0.25, 0.3) is 0 Å². The lowest BCUT2D eigenvalue weighted by molar-refractivity contribution is 0.0692. The SMILES string of the molecule is Cc1cc(NC(=O)NCCS(=O)(=O)N(C)C)c(C(=O)O)[nH]1. The monoisotopic (exact) mass is 318 g/mol. The molecule has 0 saturated heterocycles. The summed E-state index contributed by atoms with van der Waals surface area (Å²) in [4.78, 5) is 25.2. The van der Waals surface area contributed by atoms with Crippen LogP contribution in [-0.2, 0) is 10.0 Å². The molecule has 9 nitrogen and oxygen atoms in total. The van der Waals surface area contributed by atoms with E-state index in [1.165, 1.54) is 20.2 Å². The van der Waals surface area contributed by atoms with E-state index >= 15 is 0 Å². The van der Waals surface area contributed by atoms with Gasteiger partial charge in [-0.15, -0.1) is 0 Å². The molecule has 4 N–H and O–H groups in total. The second-order valence-electron chi connectivity index (χ2n) is 4.53. The third kappa shape index (κ3) is 4.76. The van der Waals surface area contributed by atoms with Gasteiger partial charge < -0.3 is 20.7 Å². The summed E-state index contributed by atoms with van der Waals surface area (Å²) in [5.74, 6) is -1.45. The van der Waals surface area contributed by atoms with Crippen LogP contribution in [0, 0.1) is 6.92 Å². The van der Waals surface area contributed by atoms with Crippen LogP contribution in [-0.4, -0.2) is 61.2 Å². The summed E-state index contributed by atoms with van der Waals surface area (Å²) >= 11 is 0. The molecule has 0 aliphatic carbocycles. The Labute approximate surface area is 122 Å². The number of sulfonamides is 1. The number of carboxylic acids is 1. The van der Waals surface area contributed by atoms with Gasteiger partial charge in [0.25, 0.3) is 0 Å². The van der Waals surface area contributed by atoms with Gasteiger partial charge in [-0.25, -0.2) is 22.3 Å². The molecule has 1 aromatic heterocycles. The topological polar surface area (TPSA) is 132 Å². The summed E-state index contributed by atoms with van der Waals surface area (Å²) in [6.45, 7) is 1.57. The zero-order valence-corrected chi connectivity index (χ0v) is 12.7. The van der Waals surface area contributed by atoms with Crippen molar-refractivity contribution in [3.8, 4) is 0 Å². The highest BCUT2D eigenvalue weighted by molar-refractivity contribution is 7.89. The van der Waals surface area contributed by atoms with E-state index < -0.39 is 22.0 Å². The molecule has 0 aliphatic heterocycles. The smallest absolute Gasteiger partial charge is 0.354 e. The predicted molar refractivity (Wildman–Crippen MR) is 77.0 cm³/mol. The van der Waals surface area contributed by atoms with Gasteiger partial charge >= 0.3 is 12.0 Å². The van der Waals surface area contributed by atoms with E-state index in [9.17, 15) is 18.0 Å². The Morgan fingerprint density at radius 1 is 1.38 bits per heavy atom. The molecule has 10 heteroatoms. The quantitative estimate of drug-likeness (QED) is 0.588. The van der Waals surface area contributed by atoms with Gasteiger partial charge in [-0.1, -0.05) is 0 Å². The lowest BCUT2D eigenvalue weighted by Gasteiger charge is -2.12. The summed E-state index contributed by atoms with van der Waals surface area (Å²) < 4.78 is 24.0. The highest BCUT2D eigenvalue weighted by atomic mass is 32.2. The van der Waals surface area contributed by atoms with Gasteiger partial charge in [-0.3, -0.25) is 0 Å². The van der Waals surface area contributed by atoms with E-state index in [-0.39, 0.29) is 23.7 Å². The molecule has 118 valence electrons. The van der Waals surface area contributed by atoms with Gasteiger partial charge in [0.1, 0.15) is 5.69 Å². The van der Waals surface area contributed by atoms with Crippen LogP contribution in [0.15, 0.2) is 6.07 Å². The predicted octanol–water partition coefficient (Wildman–Crippen LogP) is 0.0342. The first-order chi connectivity index (χ1) is 9.63. The van der Waals surface area contributed by atoms with Crippen molar-refractivity contribution in [1.29, 1.82) is 0 Å². The molecular weight excluding hydrogens is 300 g/mol. The number of aryl methyl sites for hydroxylation is 1. The minimum Gasteiger partial charge on any atom is -0.477 e. The fourth-order valence-electron chi connectivity index (χ4n) is 1.50. The summed E-state index contributed by atoms with van der Waals surface area (Å²) in [7, 11) is -0.594. The second-order valence-corrected chi connectivity index (χ2v) is 6.83. The van der Waals surface area contributed by atoms with Crippen molar-refractivity contribution in [3.63, 3.8) is 0 Å². The van der Waals surface area contributed by atoms with Crippen molar-refractivity contribution in [2.24, 2.45) is 0 Å². The van der Waals surface area contributed by atoms with Gasteiger partial charge in [-0.05, 0) is 13.0 Å². The largest absolute Gasteiger partial charge is 0.477 e. The number of aromatic carboxylic acids is 1. The van der Waals surface area contributed by atoms with Gasteiger partial charge in [-0.2, -0.15) is 0 Å². The second kappa shape index (κ2) is 6.59. The molecule has 1 rings (SSSR count). The highest BCUT2D eigenvalue weighted by Crippen LogP contribution is 2.16. The Bertz CT molecular complexity index is 635. The minimum absolute atomic E-state index is 0.0852. The zero-order chi connectivity index (χ0) is 16.2.